The van der Waals surface area contributed by atoms with Crippen LogP contribution in [0, 0.1) is 5.92 Å². The molecule has 2 atom stereocenters. The molecule has 0 radical (unpaired) electrons. The first-order valence-corrected chi connectivity index (χ1v) is 8.09. The summed E-state index contributed by atoms with van der Waals surface area (Å²) >= 11 is 0. The molecule has 0 bridgehead atoms. The molecule has 1 saturated heterocycles. The van der Waals surface area contributed by atoms with Crippen molar-refractivity contribution in [2.45, 2.75) is 32.7 Å². The van der Waals surface area contributed by atoms with Crippen LogP contribution in [0.4, 0.5) is 5.69 Å². The molecule has 1 amide bonds. The second kappa shape index (κ2) is 8.15. The first kappa shape index (κ1) is 16.8. The number of carbonyl (C=O) groups excluding carboxylic acids is 1. The fourth-order valence-corrected chi connectivity index (χ4v) is 2.91. The quantitative estimate of drug-likeness (QED) is 0.844. The fourth-order valence-electron chi connectivity index (χ4n) is 2.91. The lowest BCUT2D eigenvalue weighted by atomic mass is 9.92. The number of hydrogen-bond acceptors (Lipinski definition) is 4. The zero-order chi connectivity index (χ0) is 15.9. The van der Waals surface area contributed by atoms with E-state index in [0.29, 0.717) is 24.8 Å². The van der Waals surface area contributed by atoms with Crippen molar-refractivity contribution in [2.24, 2.45) is 11.7 Å². The monoisotopic (exact) mass is 305 g/mol. The lowest BCUT2D eigenvalue weighted by molar-refractivity contribution is -0.117. The molecule has 0 aliphatic carbocycles. The van der Waals surface area contributed by atoms with Crippen molar-refractivity contribution in [3.63, 3.8) is 0 Å². The third-order valence-electron chi connectivity index (χ3n) is 4.11. The average Bonchev–Trinajstić information content (AvgIpc) is 2.49. The van der Waals surface area contributed by atoms with Crippen molar-refractivity contribution in [3.8, 4) is 5.75 Å². The second-order valence-electron chi connectivity index (χ2n) is 5.97. The fraction of sp³-hybridized carbons (Fsp3) is 0.588. The predicted octanol–water partition coefficient (Wildman–Crippen LogP) is 2.08. The molecule has 0 spiro atoms. The van der Waals surface area contributed by atoms with Crippen molar-refractivity contribution < 1.29 is 9.53 Å². The smallest absolute Gasteiger partial charge is 0.238 e. The highest BCUT2D eigenvalue weighted by molar-refractivity contribution is 5.93. The number of benzene rings is 1. The van der Waals surface area contributed by atoms with Gasteiger partial charge in [0.05, 0.1) is 18.8 Å². The molecule has 1 aliphatic heterocycles. The maximum absolute atomic E-state index is 12.3. The molecular weight excluding hydrogens is 278 g/mol. The van der Waals surface area contributed by atoms with Crippen LogP contribution in [0.5, 0.6) is 5.75 Å². The molecule has 1 aromatic rings. The Morgan fingerprint density at radius 1 is 1.50 bits per heavy atom. The van der Waals surface area contributed by atoms with Crippen molar-refractivity contribution in [1.29, 1.82) is 0 Å². The van der Waals surface area contributed by atoms with E-state index in [-0.39, 0.29) is 11.9 Å². The van der Waals surface area contributed by atoms with E-state index in [1.165, 1.54) is 0 Å². The molecule has 5 nitrogen and oxygen atoms in total. The second-order valence-corrected chi connectivity index (χ2v) is 5.97. The molecule has 1 fully saturated rings. The van der Waals surface area contributed by atoms with Crippen LogP contribution >= 0.6 is 0 Å². The van der Waals surface area contributed by atoms with E-state index < -0.39 is 0 Å². The SMILES string of the molecule is CCOc1ccccc1NC(=O)CN1CCCC(C(C)N)C1. The number of amides is 1. The number of nitrogens with two attached hydrogens (primary N) is 1. The van der Waals surface area contributed by atoms with Gasteiger partial charge in [-0.25, -0.2) is 0 Å². The Bertz CT molecular complexity index is 491. The van der Waals surface area contributed by atoms with Gasteiger partial charge in [0, 0.05) is 12.6 Å². The van der Waals surface area contributed by atoms with Gasteiger partial charge >= 0.3 is 0 Å². The number of nitrogens with zero attached hydrogens (tertiary/aromatic N) is 1. The molecule has 122 valence electrons. The van der Waals surface area contributed by atoms with Gasteiger partial charge in [-0.15, -0.1) is 0 Å². The van der Waals surface area contributed by atoms with Gasteiger partial charge in [-0.05, 0) is 51.3 Å². The minimum atomic E-state index is -0.00234. The Labute approximate surface area is 132 Å². The van der Waals surface area contributed by atoms with Gasteiger partial charge in [-0.1, -0.05) is 12.1 Å². The van der Waals surface area contributed by atoms with Gasteiger partial charge in [0.25, 0.3) is 0 Å². The minimum absolute atomic E-state index is 0.00234. The summed E-state index contributed by atoms with van der Waals surface area (Å²) in [5.74, 6) is 1.19. The molecule has 1 aliphatic rings. The number of para-hydroxylation sites is 2. The first-order valence-electron chi connectivity index (χ1n) is 8.09. The van der Waals surface area contributed by atoms with Crippen LogP contribution in [0.15, 0.2) is 24.3 Å². The van der Waals surface area contributed by atoms with Crippen LogP contribution in [0.3, 0.4) is 0 Å². The Balaban J connectivity index is 1.90. The molecular formula is C17H27N3O2. The zero-order valence-electron chi connectivity index (χ0n) is 13.5. The summed E-state index contributed by atoms with van der Waals surface area (Å²) in [7, 11) is 0. The van der Waals surface area contributed by atoms with Crippen LogP contribution in [-0.4, -0.2) is 43.1 Å². The van der Waals surface area contributed by atoms with Crippen molar-refractivity contribution in [1.82, 2.24) is 4.90 Å². The van der Waals surface area contributed by atoms with Crippen LogP contribution in [0.2, 0.25) is 0 Å². The van der Waals surface area contributed by atoms with Crippen LogP contribution in [-0.2, 0) is 4.79 Å². The van der Waals surface area contributed by atoms with Crippen molar-refractivity contribution in [2.75, 3.05) is 31.6 Å². The Kier molecular flexibility index (Phi) is 6.21. The van der Waals surface area contributed by atoms with Gasteiger partial charge < -0.3 is 15.8 Å². The van der Waals surface area contributed by atoms with Crippen molar-refractivity contribution in [3.05, 3.63) is 24.3 Å². The zero-order valence-corrected chi connectivity index (χ0v) is 13.5. The topological polar surface area (TPSA) is 67.6 Å². The summed E-state index contributed by atoms with van der Waals surface area (Å²) in [5.41, 5.74) is 6.72. The van der Waals surface area contributed by atoms with Gasteiger partial charge in [0.2, 0.25) is 5.91 Å². The van der Waals surface area contributed by atoms with E-state index in [4.69, 9.17) is 10.5 Å². The Morgan fingerprint density at radius 2 is 2.27 bits per heavy atom. The van der Waals surface area contributed by atoms with Gasteiger partial charge in [-0.3, -0.25) is 9.69 Å². The molecule has 5 heteroatoms. The predicted molar refractivity (Wildman–Crippen MR) is 89.1 cm³/mol. The maximum atomic E-state index is 12.3. The highest BCUT2D eigenvalue weighted by Crippen LogP contribution is 2.24. The molecule has 1 aromatic carbocycles. The maximum Gasteiger partial charge on any atom is 0.238 e. The number of rotatable bonds is 6. The van der Waals surface area contributed by atoms with E-state index in [1.807, 2.05) is 38.1 Å². The van der Waals surface area contributed by atoms with Gasteiger partial charge in [-0.2, -0.15) is 0 Å². The minimum Gasteiger partial charge on any atom is -0.492 e. The number of likely N-dealkylation sites (tertiary alicyclic amines) is 1. The van der Waals surface area contributed by atoms with Crippen LogP contribution < -0.4 is 15.8 Å². The molecule has 1 heterocycles. The number of anilines is 1. The molecule has 0 saturated carbocycles. The van der Waals surface area contributed by atoms with E-state index in [0.717, 1.165) is 31.6 Å². The van der Waals surface area contributed by atoms with E-state index in [9.17, 15) is 4.79 Å². The summed E-state index contributed by atoms with van der Waals surface area (Å²) in [5, 5.41) is 2.95. The first-order chi connectivity index (χ1) is 10.6. The molecule has 2 rings (SSSR count). The summed E-state index contributed by atoms with van der Waals surface area (Å²) in [6, 6.07) is 7.71. The lowest BCUT2D eigenvalue weighted by Crippen LogP contribution is -2.45. The summed E-state index contributed by atoms with van der Waals surface area (Å²) in [4.78, 5) is 14.5. The van der Waals surface area contributed by atoms with E-state index in [2.05, 4.69) is 10.2 Å². The summed E-state index contributed by atoms with van der Waals surface area (Å²) in [6.45, 7) is 6.83. The van der Waals surface area contributed by atoms with Crippen molar-refractivity contribution >= 4 is 11.6 Å². The van der Waals surface area contributed by atoms with Gasteiger partial charge in [0.1, 0.15) is 5.75 Å². The number of piperidine rings is 1. The van der Waals surface area contributed by atoms with Gasteiger partial charge in [0.15, 0.2) is 0 Å². The Hall–Kier alpha value is -1.59. The number of carbonyl (C=O) groups is 1. The van der Waals surface area contributed by atoms with E-state index >= 15 is 0 Å². The summed E-state index contributed by atoms with van der Waals surface area (Å²) < 4.78 is 5.53. The van der Waals surface area contributed by atoms with E-state index in [1.54, 1.807) is 0 Å². The number of nitrogens with one attached hydrogen (secondary N) is 1. The van der Waals surface area contributed by atoms with Crippen LogP contribution in [0.1, 0.15) is 26.7 Å². The lowest BCUT2D eigenvalue weighted by Gasteiger charge is -2.34. The molecule has 2 unspecified atom stereocenters. The summed E-state index contributed by atoms with van der Waals surface area (Å²) in [6.07, 6.45) is 2.26. The largest absolute Gasteiger partial charge is 0.492 e. The third-order valence-corrected chi connectivity index (χ3v) is 4.11. The average molecular weight is 305 g/mol. The highest BCUT2D eigenvalue weighted by Gasteiger charge is 2.24. The standard InChI is InChI=1S/C17H27N3O2/c1-3-22-16-9-5-4-8-15(16)19-17(21)12-20-10-6-7-14(11-20)13(2)18/h4-5,8-9,13-14H,3,6-7,10-12,18H2,1-2H3,(H,19,21). The third kappa shape index (κ3) is 4.71. The number of hydrogen-bond donors (Lipinski definition) is 2. The molecule has 22 heavy (non-hydrogen) atoms. The molecule has 3 N–H and O–H groups in total. The normalized spacial score (nSPS) is 20.4. The number of ether oxygens (including phenoxy) is 1. The highest BCUT2D eigenvalue weighted by atomic mass is 16.5. The van der Waals surface area contributed by atoms with Crippen LogP contribution in [0.25, 0.3) is 0 Å². The molecule has 0 aromatic heterocycles. The Morgan fingerprint density at radius 3 is 3.00 bits per heavy atom.